The van der Waals surface area contributed by atoms with Gasteiger partial charge in [-0.05, 0) is 24.3 Å². The Hall–Kier alpha value is -2.11. The highest BCUT2D eigenvalue weighted by Gasteiger charge is 2.24. The van der Waals surface area contributed by atoms with Crippen molar-refractivity contribution in [2.24, 2.45) is 0 Å². The van der Waals surface area contributed by atoms with Crippen LogP contribution in [0.4, 0.5) is 5.00 Å². The molecule has 2 aromatic heterocycles. The summed E-state index contributed by atoms with van der Waals surface area (Å²) >= 11 is 2.71. The van der Waals surface area contributed by atoms with Gasteiger partial charge < -0.3 is 9.88 Å². The lowest BCUT2D eigenvalue weighted by Crippen LogP contribution is -2.14. The van der Waals surface area contributed by atoms with Crippen LogP contribution in [0.5, 0.6) is 0 Å². The summed E-state index contributed by atoms with van der Waals surface area (Å²) in [6.07, 6.45) is 6.60. The molecule has 6 nitrogen and oxygen atoms in total. The van der Waals surface area contributed by atoms with Crippen molar-refractivity contribution in [3.8, 4) is 6.07 Å². The number of amides is 1. The maximum absolute atomic E-state index is 12.2. The molecule has 0 unspecified atom stereocenters. The highest BCUT2D eigenvalue weighted by molar-refractivity contribution is 7.99. The van der Waals surface area contributed by atoms with Crippen LogP contribution in [0.2, 0.25) is 0 Å². The Kier molecular flexibility index (Phi) is 5.89. The number of thioether (sulfide) groups is 1. The first-order valence-corrected chi connectivity index (χ1v) is 10.0. The smallest absolute Gasteiger partial charge is 0.235 e. The molecule has 0 spiro atoms. The molecule has 2 heterocycles. The van der Waals surface area contributed by atoms with Gasteiger partial charge in [0.05, 0.1) is 11.3 Å². The molecule has 25 heavy (non-hydrogen) atoms. The zero-order valence-corrected chi connectivity index (χ0v) is 15.4. The molecule has 0 radical (unpaired) electrons. The van der Waals surface area contributed by atoms with Crippen molar-refractivity contribution in [1.29, 1.82) is 5.26 Å². The molecule has 2 aromatic rings. The minimum Gasteiger partial charge on any atom is -0.316 e. The van der Waals surface area contributed by atoms with Crippen LogP contribution >= 0.6 is 23.1 Å². The molecule has 0 atom stereocenters. The van der Waals surface area contributed by atoms with Crippen molar-refractivity contribution < 1.29 is 4.79 Å². The SMILES string of the molecule is C=CCn1c(SCC(=O)Nc2sccc2C#N)nnc1C1CCCC1. The fraction of sp³-hybridized carbons (Fsp3) is 0.412. The number of nitrogens with one attached hydrogen (secondary N) is 1. The van der Waals surface area contributed by atoms with E-state index in [4.69, 9.17) is 5.26 Å². The first kappa shape index (κ1) is 17.7. The molecule has 0 bridgehead atoms. The number of hydrogen-bond donors (Lipinski definition) is 1. The molecule has 1 aliphatic carbocycles. The average molecular weight is 374 g/mol. The summed E-state index contributed by atoms with van der Waals surface area (Å²) in [7, 11) is 0. The van der Waals surface area contributed by atoms with Crippen LogP contribution in [-0.2, 0) is 11.3 Å². The molecular formula is C17H19N5OS2. The van der Waals surface area contributed by atoms with Gasteiger partial charge in [0.25, 0.3) is 0 Å². The number of rotatable bonds is 7. The molecule has 0 saturated heterocycles. The summed E-state index contributed by atoms with van der Waals surface area (Å²) in [6.45, 7) is 4.46. The predicted molar refractivity (Wildman–Crippen MR) is 99.8 cm³/mol. The van der Waals surface area contributed by atoms with E-state index in [1.807, 2.05) is 6.08 Å². The zero-order chi connectivity index (χ0) is 17.6. The van der Waals surface area contributed by atoms with Crippen LogP contribution < -0.4 is 5.32 Å². The van der Waals surface area contributed by atoms with E-state index in [1.54, 1.807) is 11.4 Å². The molecule has 1 N–H and O–H groups in total. The number of anilines is 1. The maximum atomic E-state index is 12.2. The topological polar surface area (TPSA) is 83.6 Å². The molecule has 1 amide bonds. The first-order valence-electron chi connectivity index (χ1n) is 8.17. The van der Waals surface area contributed by atoms with Gasteiger partial charge in [-0.3, -0.25) is 4.79 Å². The van der Waals surface area contributed by atoms with Crippen molar-refractivity contribution in [1.82, 2.24) is 14.8 Å². The van der Waals surface area contributed by atoms with E-state index in [2.05, 4.69) is 32.7 Å². The van der Waals surface area contributed by atoms with Crippen LogP contribution in [-0.4, -0.2) is 26.4 Å². The average Bonchev–Trinajstić information content (AvgIpc) is 3.34. The standard InChI is InChI=1S/C17H19N5OS2/c1-2-8-22-15(12-5-3-4-6-12)20-21-17(22)25-11-14(23)19-16-13(10-18)7-9-24-16/h2,7,9,12H,1,3-6,8,11H2,(H,19,23). The van der Waals surface area contributed by atoms with E-state index in [0.717, 1.165) is 23.8 Å². The Labute approximate surface area is 155 Å². The number of nitriles is 1. The Bertz CT molecular complexity index is 798. The lowest BCUT2D eigenvalue weighted by atomic mass is 10.1. The predicted octanol–water partition coefficient (Wildman–Crippen LogP) is 3.79. The number of aromatic nitrogens is 3. The summed E-state index contributed by atoms with van der Waals surface area (Å²) in [5.74, 6) is 1.53. The van der Waals surface area contributed by atoms with Crippen LogP contribution in [0.15, 0.2) is 29.3 Å². The highest BCUT2D eigenvalue weighted by atomic mass is 32.2. The van der Waals surface area contributed by atoms with Crippen LogP contribution in [0.1, 0.15) is 43.0 Å². The van der Waals surface area contributed by atoms with Gasteiger partial charge in [-0.15, -0.1) is 28.1 Å². The second-order valence-corrected chi connectivity index (χ2v) is 7.69. The number of carbonyl (C=O) groups excluding carboxylic acids is 1. The molecule has 0 aromatic carbocycles. The van der Waals surface area contributed by atoms with Gasteiger partial charge in [0, 0.05) is 12.5 Å². The van der Waals surface area contributed by atoms with Gasteiger partial charge in [0.1, 0.15) is 16.9 Å². The maximum Gasteiger partial charge on any atom is 0.235 e. The van der Waals surface area contributed by atoms with E-state index in [0.29, 0.717) is 23.0 Å². The van der Waals surface area contributed by atoms with Crippen molar-refractivity contribution >= 4 is 34.0 Å². The Morgan fingerprint density at radius 3 is 3.04 bits per heavy atom. The Morgan fingerprint density at radius 1 is 1.52 bits per heavy atom. The third kappa shape index (κ3) is 4.11. The summed E-state index contributed by atoms with van der Waals surface area (Å²) in [4.78, 5) is 12.2. The van der Waals surface area contributed by atoms with E-state index < -0.39 is 0 Å². The number of carbonyl (C=O) groups is 1. The number of allylic oxidation sites excluding steroid dienone is 1. The summed E-state index contributed by atoms with van der Waals surface area (Å²) in [5, 5.41) is 23.6. The van der Waals surface area contributed by atoms with Crippen molar-refractivity contribution in [2.45, 2.75) is 43.3 Å². The Morgan fingerprint density at radius 2 is 2.32 bits per heavy atom. The monoisotopic (exact) mass is 373 g/mol. The van der Waals surface area contributed by atoms with Gasteiger partial charge >= 0.3 is 0 Å². The molecule has 1 saturated carbocycles. The first-order chi connectivity index (χ1) is 12.2. The van der Waals surface area contributed by atoms with E-state index in [-0.39, 0.29) is 11.7 Å². The molecule has 1 fully saturated rings. The molecule has 8 heteroatoms. The van der Waals surface area contributed by atoms with Gasteiger partial charge in [0.15, 0.2) is 5.16 Å². The van der Waals surface area contributed by atoms with Gasteiger partial charge in [-0.25, -0.2) is 0 Å². The van der Waals surface area contributed by atoms with Crippen molar-refractivity contribution in [3.63, 3.8) is 0 Å². The number of nitrogens with zero attached hydrogens (tertiary/aromatic N) is 4. The second kappa shape index (κ2) is 8.32. The summed E-state index contributed by atoms with van der Waals surface area (Å²) in [6, 6.07) is 3.76. The fourth-order valence-corrected chi connectivity index (χ4v) is 4.49. The third-order valence-electron chi connectivity index (χ3n) is 4.15. The second-order valence-electron chi connectivity index (χ2n) is 5.83. The van der Waals surface area contributed by atoms with E-state index in [9.17, 15) is 4.79 Å². The fourth-order valence-electron chi connectivity index (χ4n) is 2.98. The van der Waals surface area contributed by atoms with Crippen LogP contribution in [0.25, 0.3) is 0 Å². The van der Waals surface area contributed by atoms with Gasteiger partial charge in [0.2, 0.25) is 5.91 Å². The largest absolute Gasteiger partial charge is 0.316 e. The molecule has 1 aliphatic rings. The van der Waals surface area contributed by atoms with E-state index >= 15 is 0 Å². The molecule has 130 valence electrons. The van der Waals surface area contributed by atoms with Gasteiger partial charge in [-0.2, -0.15) is 5.26 Å². The van der Waals surface area contributed by atoms with Crippen molar-refractivity contribution in [2.75, 3.05) is 11.1 Å². The lowest BCUT2D eigenvalue weighted by Gasteiger charge is -2.11. The Balaban J connectivity index is 1.65. The normalized spacial score (nSPS) is 14.4. The minimum absolute atomic E-state index is 0.153. The quantitative estimate of drug-likeness (QED) is 0.590. The molecule has 3 rings (SSSR count). The summed E-state index contributed by atoms with van der Waals surface area (Å²) < 4.78 is 2.06. The highest BCUT2D eigenvalue weighted by Crippen LogP contribution is 2.34. The third-order valence-corrected chi connectivity index (χ3v) is 5.95. The van der Waals surface area contributed by atoms with Gasteiger partial charge in [-0.1, -0.05) is 30.7 Å². The van der Waals surface area contributed by atoms with Crippen molar-refractivity contribution in [3.05, 3.63) is 35.5 Å². The molecular weight excluding hydrogens is 354 g/mol. The molecule has 0 aliphatic heterocycles. The summed E-state index contributed by atoms with van der Waals surface area (Å²) in [5.41, 5.74) is 0.488. The van der Waals surface area contributed by atoms with Crippen LogP contribution in [0, 0.1) is 11.3 Å². The number of hydrogen-bond acceptors (Lipinski definition) is 6. The zero-order valence-electron chi connectivity index (χ0n) is 13.8. The number of thiophene rings is 1. The van der Waals surface area contributed by atoms with Crippen LogP contribution in [0.3, 0.4) is 0 Å². The minimum atomic E-state index is -0.153. The lowest BCUT2D eigenvalue weighted by molar-refractivity contribution is -0.113. The van der Waals surface area contributed by atoms with E-state index in [1.165, 1.54) is 35.9 Å².